The van der Waals surface area contributed by atoms with Gasteiger partial charge in [0.15, 0.2) is 11.4 Å². The number of ether oxygens (including phenoxy) is 3. The van der Waals surface area contributed by atoms with Gasteiger partial charge in [-0.25, -0.2) is 14.6 Å². The van der Waals surface area contributed by atoms with Crippen molar-refractivity contribution < 1.29 is 28.9 Å². The van der Waals surface area contributed by atoms with E-state index in [1.54, 1.807) is 50.3 Å². The number of carboxylic acid groups (broad SMARTS) is 1. The summed E-state index contributed by atoms with van der Waals surface area (Å²) in [7, 11) is 0. The van der Waals surface area contributed by atoms with Gasteiger partial charge in [-0.15, -0.1) is 0 Å². The standard InChI is InChI=1S/C27H26N2O7S/c1-4-34-20-12-7-6-11-19(20)24-23(26(33)35-5-2)16(3)28-27-29(24)25(32)21(37-27)14-17-9-8-10-18(13-17)36-15-22(30)31/h6-14,24H,4-5,15H2,1-3H3,(H,30,31)/b21-14+. The van der Waals surface area contributed by atoms with Crippen LogP contribution in [0.4, 0.5) is 0 Å². The number of aliphatic carboxylic acids is 1. The Balaban J connectivity index is 1.89. The fourth-order valence-electron chi connectivity index (χ4n) is 4.07. The van der Waals surface area contributed by atoms with E-state index in [0.29, 0.717) is 44.3 Å². The topological polar surface area (TPSA) is 116 Å². The van der Waals surface area contributed by atoms with Gasteiger partial charge in [-0.1, -0.05) is 41.7 Å². The summed E-state index contributed by atoms with van der Waals surface area (Å²) in [6.45, 7) is 5.43. The molecule has 1 N–H and O–H groups in total. The summed E-state index contributed by atoms with van der Waals surface area (Å²) in [6.07, 6.45) is 1.69. The summed E-state index contributed by atoms with van der Waals surface area (Å²) in [5.41, 5.74) is 1.72. The average molecular weight is 523 g/mol. The van der Waals surface area contributed by atoms with Gasteiger partial charge in [0.25, 0.3) is 5.56 Å². The van der Waals surface area contributed by atoms with Gasteiger partial charge in [0.05, 0.1) is 29.0 Å². The molecule has 0 fully saturated rings. The van der Waals surface area contributed by atoms with Crippen molar-refractivity contribution in [3.8, 4) is 11.5 Å². The Labute approximate surface area is 216 Å². The van der Waals surface area contributed by atoms with Crippen molar-refractivity contribution in [1.29, 1.82) is 0 Å². The molecular weight excluding hydrogens is 496 g/mol. The summed E-state index contributed by atoms with van der Waals surface area (Å²) in [5.74, 6) is -0.700. The van der Waals surface area contributed by atoms with E-state index < -0.39 is 24.6 Å². The van der Waals surface area contributed by atoms with Gasteiger partial charge in [-0.05, 0) is 50.6 Å². The minimum absolute atomic E-state index is 0.181. The number of hydrogen-bond acceptors (Lipinski definition) is 8. The highest BCUT2D eigenvalue weighted by molar-refractivity contribution is 7.07. The molecule has 2 aromatic carbocycles. The van der Waals surface area contributed by atoms with Gasteiger partial charge >= 0.3 is 11.9 Å². The Bertz CT molecular complexity index is 1550. The highest BCUT2D eigenvalue weighted by Crippen LogP contribution is 2.35. The van der Waals surface area contributed by atoms with Crippen molar-refractivity contribution in [3.63, 3.8) is 0 Å². The van der Waals surface area contributed by atoms with Gasteiger partial charge < -0.3 is 19.3 Å². The van der Waals surface area contributed by atoms with E-state index in [1.165, 1.54) is 15.9 Å². The largest absolute Gasteiger partial charge is 0.494 e. The number of rotatable bonds is 9. The van der Waals surface area contributed by atoms with Crippen molar-refractivity contribution >= 4 is 29.4 Å². The number of carbonyl (C=O) groups is 2. The normalized spacial score (nSPS) is 15.1. The number of esters is 1. The lowest BCUT2D eigenvalue weighted by molar-refractivity contribution is -0.140. The maximum Gasteiger partial charge on any atom is 0.341 e. The molecule has 9 nitrogen and oxygen atoms in total. The maximum atomic E-state index is 13.8. The molecule has 2 heterocycles. The summed E-state index contributed by atoms with van der Waals surface area (Å²) in [6, 6.07) is 13.3. The lowest BCUT2D eigenvalue weighted by atomic mass is 9.95. The fourth-order valence-corrected chi connectivity index (χ4v) is 5.12. The monoisotopic (exact) mass is 522 g/mol. The molecule has 0 bridgehead atoms. The molecule has 37 heavy (non-hydrogen) atoms. The second kappa shape index (κ2) is 11.3. The predicted molar refractivity (Wildman–Crippen MR) is 138 cm³/mol. The van der Waals surface area contributed by atoms with Gasteiger partial charge in [0.1, 0.15) is 17.5 Å². The molecule has 0 aliphatic carbocycles. The second-order valence-corrected chi connectivity index (χ2v) is 9.04. The molecule has 0 amide bonds. The van der Waals surface area contributed by atoms with E-state index in [1.807, 2.05) is 25.1 Å². The van der Waals surface area contributed by atoms with Crippen molar-refractivity contribution in [2.75, 3.05) is 19.8 Å². The fraction of sp³-hybridized carbons (Fsp3) is 0.259. The number of nitrogens with zero attached hydrogens (tertiary/aromatic N) is 2. The molecule has 1 unspecified atom stereocenters. The number of thiazole rings is 1. The van der Waals surface area contributed by atoms with Gasteiger partial charge in [-0.3, -0.25) is 9.36 Å². The predicted octanol–water partition coefficient (Wildman–Crippen LogP) is 2.66. The Morgan fingerprint density at radius 3 is 2.62 bits per heavy atom. The first-order valence-electron chi connectivity index (χ1n) is 11.7. The number of carbonyl (C=O) groups excluding carboxylic acids is 1. The number of aromatic nitrogens is 1. The zero-order valence-electron chi connectivity index (χ0n) is 20.6. The third kappa shape index (κ3) is 5.49. The summed E-state index contributed by atoms with van der Waals surface area (Å²) in [5, 5.41) is 8.87. The van der Waals surface area contributed by atoms with E-state index in [-0.39, 0.29) is 17.7 Å². The second-order valence-electron chi connectivity index (χ2n) is 8.03. The molecule has 192 valence electrons. The molecular formula is C27H26N2O7S. The molecule has 4 rings (SSSR count). The van der Waals surface area contributed by atoms with Crippen LogP contribution >= 0.6 is 11.3 Å². The first-order valence-corrected chi connectivity index (χ1v) is 12.5. The van der Waals surface area contributed by atoms with Crippen molar-refractivity contribution in [2.45, 2.75) is 26.8 Å². The number of benzene rings is 2. The maximum absolute atomic E-state index is 13.8. The van der Waals surface area contributed by atoms with Gasteiger partial charge in [0, 0.05) is 5.56 Å². The third-order valence-corrected chi connectivity index (χ3v) is 6.53. The molecule has 1 aromatic heterocycles. The molecule has 10 heteroatoms. The van der Waals surface area contributed by atoms with E-state index in [9.17, 15) is 14.4 Å². The Hall–Kier alpha value is -4.18. The quantitative estimate of drug-likeness (QED) is 0.430. The zero-order chi connectivity index (χ0) is 26.5. The third-order valence-electron chi connectivity index (χ3n) is 5.55. The molecule has 1 aliphatic heterocycles. The van der Waals surface area contributed by atoms with Crippen LogP contribution in [-0.4, -0.2) is 41.4 Å². The van der Waals surface area contributed by atoms with Gasteiger partial charge in [0.2, 0.25) is 0 Å². The van der Waals surface area contributed by atoms with Crippen molar-refractivity contribution in [3.05, 3.63) is 90.6 Å². The van der Waals surface area contributed by atoms with Crippen molar-refractivity contribution in [2.24, 2.45) is 4.99 Å². The summed E-state index contributed by atoms with van der Waals surface area (Å²) < 4.78 is 18.3. The first-order chi connectivity index (χ1) is 17.8. The van der Waals surface area contributed by atoms with Crippen LogP contribution in [-0.2, 0) is 14.3 Å². The van der Waals surface area contributed by atoms with Crippen LogP contribution in [0.3, 0.4) is 0 Å². The van der Waals surface area contributed by atoms with Crippen LogP contribution in [0.25, 0.3) is 6.08 Å². The van der Waals surface area contributed by atoms with Crippen LogP contribution in [0.5, 0.6) is 11.5 Å². The molecule has 1 atom stereocenters. The number of para-hydroxylation sites is 1. The lowest BCUT2D eigenvalue weighted by Crippen LogP contribution is -2.40. The molecule has 0 spiro atoms. The van der Waals surface area contributed by atoms with E-state index in [2.05, 4.69) is 4.99 Å². The minimum atomic E-state index is -1.08. The molecule has 0 radical (unpaired) electrons. The summed E-state index contributed by atoms with van der Waals surface area (Å²) in [4.78, 5) is 42.7. The lowest BCUT2D eigenvalue weighted by Gasteiger charge is -2.26. The van der Waals surface area contributed by atoms with E-state index >= 15 is 0 Å². The number of hydrogen-bond donors (Lipinski definition) is 1. The zero-order valence-corrected chi connectivity index (χ0v) is 21.4. The van der Waals surface area contributed by atoms with Crippen LogP contribution in [0.2, 0.25) is 0 Å². The number of fused-ring (bicyclic) bond motifs is 1. The SMILES string of the molecule is CCOC(=O)C1=C(C)N=c2s/c(=C/c3cccc(OCC(=O)O)c3)c(=O)n2C1c1ccccc1OCC. The molecule has 0 saturated carbocycles. The number of allylic oxidation sites excluding steroid dienone is 1. The Kier molecular flexibility index (Phi) is 7.88. The van der Waals surface area contributed by atoms with E-state index in [0.717, 1.165) is 0 Å². The highest BCUT2D eigenvalue weighted by atomic mass is 32.1. The minimum Gasteiger partial charge on any atom is -0.494 e. The Morgan fingerprint density at radius 2 is 1.89 bits per heavy atom. The number of carboxylic acids is 1. The first kappa shape index (κ1) is 25.9. The highest BCUT2D eigenvalue weighted by Gasteiger charge is 2.35. The van der Waals surface area contributed by atoms with E-state index in [4.69, 9.17) is 19.3 Å². The molecule has 0 saturated heterocycles. The molecule has 3 aromatic rings. The van der Waals surface area contributed by atoms with Crippen LogP contribution in [0.1, 0.15) is 37.9 Å². The van der Waals surface area contributed by atoms with Gasteiger partial charge in [-0.2, -0.15) is 0 Å². The summed E-state index contributed by atoms with van der Waals surface area (Å²) >= 11 is 1.20. The Morgan fingerprint density at radius 1 is 1.11 bits per heavy atom. The molecule has 1 aliphatic rings. The van der Waals surface area contributed by atoms with Crippen LogP contribution in [0.15, 0.2) is 69.6 Å². The van der Waals surface area contributed by atoms with Crippen LogP contribution < -0.4 is 24.4 Å². The smallest absolute Gasteiger partial charge is 0.341 e. The van der Waals surface area contributed by atoms with Crippen LogP contribution in [0, 0.1) is 0 Å². The van der Waals surface area contributed by atoms with Crippen molar-refractivity contribution in [1.82, 2.24) is 4.57 Å². The average Bonchev–Trinajstić information content (AvgIpc) is 3.17.